The van der Waals surface area contributed by atoms with Gasteiger partial charge in [-0.2, -0.15) is 0 Å². The summed E-state index contributed by atoms with van der Waals surface area (Å²) < 4.78 is 5.18. The van der Waals surface area contributed by atoms with Crippen molar-refractivity contribution in [2.45, 2.75) is 33.2 Å². The SMILES string of the molecule is CCOc1ncc(C(=O)N[C@H](C(=O)O)[C@@H](C)CC)cc1Cl. The average molecular weight is 315 g/mol. The second-order valence-corrected chi connectivity index (χ2v) is 5.03. The summed E-state index contributed by atoms with van der Waals surface area (Å²) in [5.41, 5.74) is 0.193. The second kappa shape index (κ2) is 7.83. The summed E-state index contributed by atoms with van der Waals surface area (Å²) in [6.45, 7) is 5.83. The van der Waals surface area contributed by atoms with Crippen molar-refractivity contribution in [2.75, 3.05) is 6.61 Å². The number of ether oxygens (including phenoxy) is 1. The van der Waals surface area contributed by atoms with Crippen molar-refractivity contribution in [1.82, 2.24) is 10.3 Å². The van der Waals surface area contributed by atoms with Crippen LogP contribution in [0.3, 0.4) is 0 Å². The highest BCUT2D eigenvalue weighted by Gasteiger charge is 2.26. The lowest BCUT2D eigenvalue weighted by Gasteiger charge is -2.20. The van der Waals surface area contributed by atoms with Crippen molar-refractivity contribution in [3.05, 3.63) is 22.8 Å². The molecule has 0 fully saturated rings. The molecule has 0 aromatic carbocycles. The number of halogens is 1. The standard InChI is InChI=1S/C14H19ClN2O4/c1-4-8(3)11(14(19)20)17-12(18)9-6-10(15)13(16-7-9)21-5-2/h6-8,11H,4-5H2,1-3H3,(H,17,18)(H,19,20)/t8-,11-/m0/s1. The number of nitrogens with one attached hydrogen (secondary N) is 1. The van der Waals surface area contributed by atoms with E-state index in [0.29, 0.717) is 13.0 Å². The second-order valence-electron chi connectivity index (χ2n) is 4.62. The normalized spacial score (nSPS) is 13.3. The number of rotatable bonds is 7. The van der Waals surface area contributed by atoms with Crippen LogP contribution < -0.4 is 10.1 Å². The Morgan fingerprint density at radius 3 is 2.62 bits per heavy atom. The van der Waals surface area contributed by atoms with Crippen LogP contribution in [0.1, 0.15) is 37.6 Å². The molecule has 0 aliphatic rings. The molecule has 0 spiro atoms. The summed E-state index contributed by atoms with van der Waals surface area (Å²) in [7, 11) is 0. The van der Waals surface area contributed by atoms with Crippen molar-refractivity contribution in [3.63, 3.8) is 0 Å². The van der Waals surface area contributed by atoms with E-state index in [-0.39, 0.29) is 22.4 Å². The van der Waals surface area contributed by atoms with Gasteiger partial charge in [-0.1, -0.05) is 31.9 Å². The highest BCUT2D eigenvalue weighted by atomic mass is 35.5. The first-order valence-corrected chi connectivity index (χ1v) is 7.10. The first-order valence-electron chi connectivity index (χ1n) is 6.72. The first kappa shape index (κ1) is 17.2. The highest BCUT2D eigenvalue weighted by molar-refractivity contribution is 6.32. The molecular weight excluding hydrogens is 296 g/mol. The van der Waals surface area contributed by atoms with Gasteiger partial charge in [-0.05, 0) is 18.9 Å². The zero-order valence-electron chi connectivity index (χ0n) is 12.2. The summed E-state index contributed by atoms with van der Waals surface area (Å²) in [5, 5.41) is 11.9. The van der Waals surface area contributed by atoms with E-state index in [4.69, 9.17) is 21.4 Å². The Balaban J connectivity index is 2.88. The molecule has 1 aromatic rings. The monoisotopic (exact) mass is 314 g/mol. The van der Waals surface area contributed by atoms with Gasteiger partial charge in [-0.15, -0.1) is 0 Å². The summed E-state index contributed by atoms with van der Waals surface area (Å²) in [5.74, 6) is -1.53. The minimum atomic E-state index is -1.07. The molecule has 1 amide bonds. The molecule has 21 heavy (non-hydrogen) atoms. The Morgan fingerprint density at radius 2 is 2.14 bits per heavy atom. The molecule has 0 radical (unpaired) electrons. The molecule has 0 saturated heterocycles. The number of carboxylic acid groups (broad SMARTS) is 1. The summed E-state index contributed by atoms with van der Waals surface area (Å²) >= 11 is 5.96. The first-order chi connectivity index (χ1) is 9.90. The fourth-order valence-electron chi connectivity index (χ4n) is 1.70. The molecule has 0 aliphatic heterocycles. The largest absolute Gasteiger partial charge is 0.480 e. The molecule has 0 saturated carbocycles. The number of hydrogen-bond acceptors (Lipinski definition) is 4. The molecule has 0 bridgehead atoms. The van der Waals surface area contributed by atoms with Gasteiger partial charge in [-0.3, -0.25) is 4.79 Å². The van der Waals surface area contributed by atoms with E-state index in [1.54, 1.807) is 13.8 Å². The fourth-order valence-corrected chi connectivity index (χ4v) is 1.92. The summed E-state index contributed by atoms with van der Waals surface area (Å²) in [6, 6.07) is 0.456. The Bertz CT molecular complexity index is 522. The zero-order chi connectivity index (χ0) is 16.0. The Kier molecular flexibility index (Phi) is 6.42. The van der Waals surface area contributed by atoms with Gasteiger partial charge in [0, 0.05) is 6.20 Å². The van der Waals surface area contributed by atoms with E-state index in [1.807, 2.05) is 6.92 Å². The number of aromatic nitrogens is 1. The maximum absolute atomic E-state index is 12.1. The fraction of sp³-hybridized carbons (Fsp3) is 0.500. The van der Waals surface area contributed by atoms with E-state index in [1.165, 1.54) is 12.3 Å². The minimum absolute atomic E-state index is 0.183. The topological polar surface area (TPSA) is 88.5 Å². The van der Waals surface area contributed by atoms with Gasteiger partial charge in [-0.25, -0.2) is 9.78 Å². The van der Waals surface area contributed by atoms with Gasteiger partial charge >= 0.3 is 5.97 Å². The lowest BCUT2D eigenvalue weighted by molar-refractivity contribution is -0.140. The van der Waals surface area contributed by atoms with Crippen LogP contribution in [0.5, 0.6) is 5.88 Å². The summed E-state index contributed by atoms with van der Waals surface area (Å²) in [6.07, 6.45) is 1.95. The number of carbonyl (C=O) groups is 2. The van der Waals surface area contributed by atoms with E-state index >= 15 is 0 Å². The van der Waals surface area contributed by atoms with Crippen LogP contribution in [0.2, 0.25) is 5.02 Å². The van der Waals surface area contributed by atoms with Crippen molar-refractivity contribution in [3.8, 4) is 5.88 Å². The highest BCUT2D eigenvalue weighted by Crippen LogP contribution is 2.22. The molecule has 0 unspecified atom stereocenters. The third-order valence-electron chi connectivity index (χ3n) is 3.12. The molecule has 1 rings (SSSR count). The van der Waals surface area contributed by atoms with Gasteiger partial charge in [0.2, 0.25) is 5.88 Å². The molecular formula is C14H19ClN2O4. The van der Waals surface area contributed by atoms with E-state index in [9.17, 15) is 9.59 Å². The number of pyridine rings is 1. The van der Waals surface area contributed by atoms with E-state index in [0.717, 1.165) is 0 Å². The number of carbonyl (C=O) groups excluding carboxylic acids is 1. The van der Waals surface area contributed by atoms with Crippen molar-refractivity contribution < 1.29 is 19.4 Å². The van der Waals surface area contributed by atoms with Crippen LogP contribution >= 0.6 is 11.6 Å². The van der Waals surface area contributed by atoms with Crippen molar-refractivity contribution in [1.29, 1.82) is 0 Å². The third kappa shape index (κ3) is 4.60. The molecule has 0 aliphatic carbocycles. The average Bonchev–Trinajstić information content (AvgIpc) is 2.45. The van der Waals surface area contributed by atoms with Crippen LogP contribution in [0.15, 0.2) is 12.3 Å². The molecule has 2 N–H and O–H groups in total. The Morgan fingerprint density at radius 1 is 1.48 bits per heavy atom. The lowest BCUT2D eigenvalue weighted by Crippen LogP contribution is -2.45. The van der Waals surface area contributed by atoms with E-state index in [2.05, 4.69) is 10.3 Å². The van der Waals surface area contributed by atoms with Gasteiger partial charge in [0.15, 0.2) is 0 Å². The smallest absolute Gasteiger partial charge is 0.326 e. The van der Waals surface area contributed by atoms with Crippen LogP contribution in [0, 0.1) is 5.92 Å². The summed E-state index contributed by atoms with van der Waals surface area (Å²) in [4.78, 5) is 27.2. The number of nitrogens with zero attached hydrogens (tertiary/aromatic N) is 1. The van der Waals surface area contributed by atoms with E-state index < -0.39 is 17.9 Å². The number of carboxylic acids is 1. The molecule has 7 heteroatoms. The maximum Gasteiger partial charge on any atom is 0.326 e. The van der Waals surface area contributed by atoms with Crippen molar-refractivity contribution in [2.24, 2.45) is 5.92 Å². The predicted molar refractivity (Wildman–Crippen MR) is 78.8 cm³/mol. The third-order valence-corrected chi connectivity index (χ3v) is 3.39. The predicted octanol–water partition coefficient (Wildman–Crippen LogP) is 2.36. The quantitative estimate of drug-likeness (QED) is 0.806. The van der Waals surface area contributed by atoms with Gasteiger partial charge < -0.3 is 15.2 Å². The van der Waals surface area contributed by atoms with Gasteiger partial charge in [0.1, 0.15) is 11.1 Å². The van der Waals surface area contributed by atoms with Crippen LogP contribution in [-0.2, 0) is 4.79 Å². The minimum Gasteiger partial charge on any atom is -0.480 e. The van der Waals surface area contributed by atoms with Crippen molar-refractivity contribution >= 4 is 23.5 Å². The van der Waals surface area contributed by atoms with Crippen LogP contribution in [0.4, 0.5) is 0 Å². The van der Waals surface area contributed by atoms with Gasteiger partial charge in [0.25, 0.3) is 5.91 Å². The number of aliphatic carboxylic acids is 1. The molecule has 2 atom stereocenters. The van der Waals surface area contributed by atoms with Crippen LogP contribution in [-0.4, -0.2) is 34.6 Å². The molecule has 1 aromatic heterocycles. The number of hydrogen-bond donors (Lipinski definition) is 2. The Hall–Kier alpha value is -1.82. The maximum atomic E-state index is 12.1. The van der Waals surface area contributed by atoms with Gasteiger partial charge in [0.05, 0.1) is 12.2 Å². The zero-order valence-corrected chi connectivity index (χ0v) is 13.0. The molecule has 1 heterocycles. The van der Waals surface area contributed by atoms with Crippen LogP contribution in [0.25, 0.3) is 0 Å². The molecule has 6 nitrogen and oxygen atoms in total. The Labute approximate surface area is 128 Å². The molecule has 116 valence electrons. The lowest BCUT2D eigenvalue weighted by atomic mass is 9.99. The number of amides is 1.